The van der Waals surface area contributed by atoms with Crippen LogP contribution in [0.2, 0.25) is 0 Å². The van der Waals surface area contributed by atoms with E-state index in [1.165, 1.54) is 19.4 Å². The van der Waals surface area contributed by atoms with Crippen LogP contribution < -0.4 is 5.32 Å². The molecule has 148 valence electrons. The molecule has 0 spiro atoms. The van der Waals surface area contributed by atoms with Gasteiger partial charge in [-0.25, -0.2) is 4.79 Å². The summed E-state index contributed by atoms with van der Waals surface area (Å²) in [5, 5.41) is 2.95. The maximum absolute atomic E-state index is 12.3. The lowest BCUT2D eigenvalue weighted by Gasteiger charge is -2.24. The van der Waals surface area contributed by atoms with Crippen molar-refractivity contribution in [1.82, 2.24) is 5.32 Å². The zero-order valence-corrected chi connectivity index (χ0v) is 16.2. The maximum Gasteiger partial charge on any atom is 0.375 e. The molecule has 6 nitrogen and oxygen atoms in total. The van der Waals surface area contributed by atoms with E-state index in [-0.39, 0.29) is 23.5 Å². The third-order valence-corrected chi connectivity index (χ3v) is 4.99. The molecule has 0 saturated heterocycles. The van der Waals surface area contributed by atoms with Crippen LogP contribution in [0.1, 0.15) is 66.9 Å². The molecule has 28 heavy (non-hydrogen) atoms. The number of nitrogens with one attached hydrogen (secondary N) is 1. The first-order valence-electron chi connectivity index (χ1n) is 9.66. The highest BCUT2D eigenvalue weighted by Crippen LogP contribution is 2.23. The molecule has 1 N–H and O–H groups in total. The van der Waals surface area contributed by atoms with Gasteiger partial charge >= 0.3 is 5.97 Å². The van der Waals surface area contributed by atoms with Gasteiger partial charge in [0.15, 0.2) is 11.9 Å². The summed E-state index contributed by atoms with van der Waals surface area (Å²) in [7, 11) is 0. The molecule has 3 rings (SSSR count). The van der Waals surface area contributed by atoms with Crippen molar-refractivity contribution >= 4 is 17.7 Å². The Labute approximate surface area is 164 Å². The molecule has 1 amide bonds. The van der Waals surface area contributed by atoms with Crippen LogP contribution in [0.25, 0.3) is 11.3 Å². The van der Waals surface area contributed by atoms with Gasteiger partial charge in [-0.2, -0.15) is 0 Å². The molecule has 1 heterocycles. The van der Waals surface area contributed by atoms with Gasteiger partial charge in [-0.15, -0.1) is 0 Å². The van der Waals surface area contributed by atoms with Crippen molar-refractivity contribution in [2.75, 3.05) is 0 Å². The summed E-state index contributed by atoms with van der Waals surface area (Å²) >= 11 is 0. The van der Waals surface area contributed by atoms with Crippen LogP contribution in [-0.4, -0.2) is 29.8 Å². The summed E-state index contributed by atoms with van der Waals surface area (Å²) < 4.78 is 10.8. The SMILES string of the molecule is CC(=O)c1ccc(-c2ccc(C(=O)OC(C)C(=O)NC3CCCCC3)o2)cc1. The number of carbonyl (C=O) groups excluding carboxylic acids is 3. The van der Waals surface area contributed by atoms with Gasteiger partial charge in [0.2, 0.25) is 5.76 Å². The first-order valence-corrected chi connectivity index (χ1v) is 9.66. The van der Waals surface area contributed by atoms with Crippen molar-refractivity contribution in [3.8, 4) is 11.3 Å². The lowest BCUT2D eigenvalue weighted by molar-refractivity contribution is -0.130. The lowest BCUT2D eigenvalue weighted by atomic mass is 9.95. The maximum atomic E-state index is 12.3. The second-order valence-electron chi connectivity index (χ2n) is 7.19. The molecule has 1 unspecified atom stereocenters. The first kappa shape index (κ1) is 19.9. The zero-order chi connectivity index (χ0) is 20.1. The van der Waals surface area contributed by atoms with Crippen LogP contribution in [0.5, 0.6) is 0 Å². The van der Waals surface area contributed by atoms with Gasteiger partial charge < -0.3 is 14.5 Å². The zero-order valence-electron chi connectivity index (χ0n) is 16.2. The number of carbonyl (C=O) groups is 3. The van der Waals surface area contributed by atoms with Gasteiger partial charge in [0.1, 0.15) is 5.76 Å². The Kier molecular flexibility index (Phi) is 6.29. The fraction of sp³-hybridized carbons (Fsp3) is 0.409. The van der Waals surface area contributed by atoms with Crippen molar-refractivity contribution in [1.29, 1.82) is 0 Å². The molecule has 6 heteroatoms. The standard InChI is InChI=1S/C22H25NO5/c1-14(24)16-8-10-17(11-9-16)19-12-13-20(28-19)22(26)27-15(2)21(25)23-18-6-4-3-5-7-18/h8-13,15,18H,3-7H2,1-2H3,(H,23,25). The highest BCUT2D eigenvalue weighted by molar-refractivity contribution is 5.94. The average Bonchev–Trinajstić information content (AvgIpc) is 3.19. The van der Waals surface area contributed by atoms with Gasteiger partial charge in [-0.3, -0.25) is 9.59 Å². The van der Waals surface area contributed by atoms with Crippen molar-refractivity contribution in [3.63, 3.8) is 0 Å². The number of esters is 1. The van der Waals surface area contributed by atoms with Crippen molar-refractivity contribution in [3.05, 3.63) is 47.7 Å². The molecule has 2 aromatic rings. The molecule has 1 aromatic carbocycles. The largest absolute Gasteiger partial charge is 0.449 e. The molecule has 1 atom stereocenters. The minimum absolute atomic E-state index is 0.0178. The number of Topliss-reactive ketones (excluding diaryl/α,β-unsaturated/α-hetero) is 1. The third-order valence-electron chi connectivity index (χ3n) is 4.99. The molecule has 0 aliphatic heterocycles. The van der Waals surface area contributed by atoms with E-state index in [4.69, 9.17) is 9.15 Å². The Bertz CT molecular complexity index is 846. The normalized spacial score (nSPS) is 15.6. The van der Waals surface area contributed by atoms with Gasteiger partial charge in [-0.05, 0) is 38.8 Å². The van der Waals surface area contributed by atoms with Crippen molar-refractivity contribution < 1.29 is 23.5 Å². The molecule has 1 aromatic heterocycles. The molecular formula is C22H25NO5. The van der Waals surface area contributed by atoms with E-state index >= 15 is 0 Å². The number of ether oxygens (including phenoxy) is 1. The average molecular weight is 383 g/mol. The molecule has 1 fully saturated rings. The summed E-state index contributed by atoms with van der Waals surface area (Å²) in [5.74, 6) is -0.468. The van der Waals surface area contributed by atoms with Crippen LogP contribution in [0.4, 0.5) is 0 Å². The first-order chi connectivity index (χ1) is 13.4. The van der Waals surface area contributed by atoms with Crippen LogP contribution in [0.3, 0.4) is 0 Å². The van der Waals surface area contributed by atoms with E-state index in [0.29, 0.717) is 11.3 Å². The minimum Gasteiger partial charge on any atom is -0.449 e. The van der Waals surface area contributed by atoms with E-state index in [2.05, 4.69) is 5.32 Å². The number of hydrogen-bond acceptors (Lipinski definition) is 5. The molecule has 0 bridgehead atoms. The summed E-state index contributed by atoms with van der Waals surface area (Å²) in [5.41, 5.74) is 1.35. The van der Waals surface area contributed by atoms with E-state index in [1.807, 2.05) is 0 Å². The number of furan rings is 1. The van der Waals surface area contributed by atoms with Crippen LogP contribution in [-0.2, 0) is 9.53 Å². The third kappa shape index (κ3) is 4.88. The van der Waals surface area contributed by atoms with E-state index in [1.54, 1.807) is 37.3 Å². The second kappa shape index (κ2) is 8.87. The predicted octanol–water partition coefficient (Wildman–Crippen LogP) is 4.14. The van der Waals surface area contributed by atoms with E-state index < -0.39 is 12.1 Å². The van der Waals surface area contributed by atoms with Crippen LogP contribution in [0.15, 0.2) is 40.8 Å². The van der Waals surface area contributed by atoms with Crippen LogP contribution >= 0.6 is 0 Å². The highest BCUT2D eigenvalue weighted by Gasteiger charge is 2.24. The summed E-state index contributed by atoms with van der Waals surface area (Å²) in [6.45, 7) is 3.06. The van der Waals surface area contributed by atoms with Gasteiger partial charge in [0.25, 0.3) is 5.91 Å². The fourth-order valence-electron chi connectivity index (χ4n) is 3.31. The number of ketones is 1. The van der Waals surface area contributed by atoms with Crippen LogP contribution in [0, 0.1) is 0 Å². The highest BCUT2D eigenvalue weighted by atomic mass is 16.6. The molecule has 1 aliphatic rings. The molecular weight excluding hydrogens is 358 g/mol. The topological polar surface area (TPSA) is 85.6 Å². The lowest BCUT2D eigenvalue weighted by Crippen LogP contribution is -2.42. The number of benzene rings is 1. The Morgan fingerprint density at radius 3 is 2.36 bits per heavy atom. The molecule has 1 aliphatic carbocycles. The molecule has 1 saturated carbocycles. The Balaban J connectivity index is 1.58. The predicted molar refractivity (Wildman–Crippen MR) is 104 cm³/mol. The smallest absolute Gasteiger partial charge is 0.375 e. The monoisotopic (exact) mass is 383 g/mol. The van der Waals surface area contributed by atoms with E-state index in [0.717, 1.165) is 31.2 Å². The Morgan fingerprint density at radius 1 is 1.04 bits per heavy atom. The number of rotatable bonds is 6. The van der Waals surface area contributed by atoms with Crippen molar-refractivity contribution in [2.24, 2.45) is 0 Å². The van der Waals surface area contributed by atoms with Gasteiger partial charge in [0, 0.05) is 17.2 Å². The Morgan fingerprint density at radius 2 is 1.71 bits per heavy atom. The minimum atomic E-state index is -0.891. The van der Waals surface area contributed by atoms with Gasteiger partial charge in [-0.1, -0.05) is 43.5 Å². The Hall–Kier alpha value is -2.89. The summed E-state index contributed by atoms with van der Waals surface area (Å²) in [4.78, 5) is 35.9. The summed E-state index contributed by atoms with van der Waals surface area (Å²) in [6, 6.07) is 10.3. The second-order valence-corrected chi connectivity index (χ2v) is 7.19. The fourth-order valence-corrected chi connectivity index (χ4v) is 3.31. The number of amides is 1. The van der Waals surface area contributed by atoms with Gasteiger partial charge in [0.05, 0.1) is 0 Å². The number of hydrogen-bond donors (Lipinski definition) is 1. The molecule has 0 radical (unpaired) electrons. The van der Waals surface area contributed by atoms with E-state index in [9.17, 15) is 14.4 Å². The summed E-state index contributed by atoms with van der Waals surface area (Å²) in [6.07, 6.45) is 4.48. The quantitative estimate of drug-likeness (QED) is 0.598. The van der Waals surface area contributed by atoms with Crippen molar-refractivity contribution in [2.45, 2.75) is 58.1 Å².